The van der Waals surface area contributed by atoms with Crippen LogP contribution in [-0.2, 0) is 19.1 Å². The van der Waals surface area contributed by atoms with Crippen molar-refractivity contribution in [2.45, 2.75) is 39.2 Å². The van der Waals surface area contributed by atoms with Crippen LogP contribution in [0.4, 0.5) is 4.79 Å². The van der Waals surface area contributed by atoms with Crippen molar-refractivity contribution in [3.05, 3.63) is 35.4 Å². The average Bonchev–Trinajstić information content (AvgIpc) is 2.73. The van der Waals surface area contributed by atoms with E-state index in [0.29, 0.717) is 38.1 Å². The van der Waals surface area contributed by atoms with Gasteiger partial charge in [0.1, 0.15) is 0 Å². The van der Waals surface area contributed by atoms with Gasteiger partial charge in [0.05, 0.1) is 13.0 Å². The van der Waals surface area contributed by atoms with Crippen LogP contribution in [0.25, 0.3) is 0 Å². The van der Waals surface area contributed by atoms with Crippen LogP contribution in [0.15, 0.2) is 24.3 Å². The number of carbonyl (C=O) groups is 4. The molecule has 1 aliphatic heterocycles. The fourth-order valence-corrected chi connectivity index (χ4v) is 3.11. The number of esters is 1. The summed E-state index contributed by atoms with van der Waals surface area (Å²) in [6.07, 6.45) is 0.862. The summed E-state index contributed by atoms with van der Waals surface area (Å²) in [4.78, 5) is 49.1. The lowest BCUT2D eigenvalue weighted by Crippen LogP contribution is -2.47. The van der Waals surface area contributed by atoms with Crippen molar-refractivity contribution in [3.8, 4) is 0 Å². The third-order valence-corrected chi connectivity index (χ3v) is 4.75. The van der Waals surface area contributed by atoms with E-state index in [0.717, 1.165) is 5.56 Å². The standard InChI is InChI=1S/C21H29N3O6/c1-3-29-21(28)24-12-9-16(10-13-24)23-18(25)14-30-19(26)8-11-22-20(27)17-7-5-4-6-15(17)2/h4-7,16H,3,8-14H2,1-2H3,(H,22,27)(H,23,25). The molecule has 30 heavy (non-hydrogen) atoms. The first-order valence-corrected chi connectivity index (χ1v) is 10.1. The highest BCUT2D eigenvalue weighted by atomic mass is 16.6. The summed E-state index contributed by atoms with van der Waals surface area (Å²) in [6.45, 7) is 4.68. The summed E-state index contributed by atoms with van der Waals surface area (Å²) < 4.78 is 9.92. The Morgan fingerprint density at radius 2 is 1.80 bits per heavy atom. The molecule has 1 saturated heterocycles. The van der Waals surface area contributed by atoms with Crippen LogP contribution in [0.5, 0.6) is 0 Å². The molecule has 9 nitrogen and oxygen atoms in total. The molecule has 9 heteroatoms. The second-order valence-corrected chi connectivity index (χ2v) is 7.01. The number of hydrogen-bond acceptors (Lipinski definition) is 6. The van der Waals surface area contributed by atoms with Gasteiger partial charge in [-0.15, -0.1) is 0 Å². The number of ether oxygens (including phenoxy) is 2. The first-order chi connectivity index (χ1) is 14.4. The predicted molar refractivity (Wildman–Crippen MR) is 109 cm³/mol. The largest absolute Gasteiger partial charge is 0.456 e. The number of piperidine rings is 1. The second-order valence-electron chi connectivity index (χ2n) is 7.01. The molecule has 1 aromatic carbocycles. The van der Waals surface area contributed by atoms with E-state index < -0.39 is 5.97 Å². The highest BCUT2D eigenvalue weighted by Gasteiger charge is 2.24. The van der Waals surface area contributed by atoms with E-state index >= 15 is 0 Å². The molecule has 0 bridgehead atoms. The molecule has 1 aliphatic rings. The maximum Gasteiger partial charge on any atom is 0.409 e. The molecule has 3 amide bonds. The van der Waals surface area contributed by atoms with Gasteiger partial charge < -0.3 is 25.0 Å². The van der Waals surface area contributed by atoms with Gasteiger partial charge in [-0.1, -0.05) is 18.2 Å². The van der Waals surface area contributed by atoms with Gasteiger partial charge in [-0.2, -0.15) is 0 Å². The fourth-order valence-electron chi connectivity index (χ4n) is 3.11. The van der Waals surface area contributed by atoms with Crippen LogP contribution in [0, 0.1) is 6.92 Å². The van der Waals surface area contributed by atoms with Crippen LogP contribution < -0.4 is 10.6 Å². The minimum atomic E-state index is -0.563. The molecule has 0 aliphatic carbocycles. The van der Waals surface area contributed by atoms with E-state index in [1.54, 1.807) is 24.0 Å². The first kappa shape index (κ1) is 23.2. The lowest BCUT2D eigenvalue weighted by atomic mass is 10.1. The average molecular weight is 419 g/mol. The van der Waals surface area contributed by atoms with E-state index in [1.165, 1.54) is 0 Å². The summed E-state index contributed by atoms with van der Waals surface area (Å²) in [7, 11) is 0. The molecule has 0 atom stereocenters. The van der Waals surface area contributed by atoms with Crippen LogP contribution in [0.2, 0.25) is 0 Å². The van der Waals surface area contributed by atoms with Crippen molar-refractivity contribution in [1.82, 2.24) is 15.5 Å². The summed E-state index contributed by atoms with van der Waals surface area (Å²) in [5.41, 5.74) is 1.40. The second kappa shape index (κ2) is 11.8. The van der Waals surface area contributed by atoms with Gasteiger partial charge in [-0.05, 0) is 38.3 Å². The predicted octanol–water partition coefficient (Wildman–Crippen LogP) is 1.40. The van der Waals surface area contributed by atoms with Gasteiger partial charge in [0.25, 0.3) is 11.8 Å². The number of rotatable bonds is 8. The number of amides is 3. The Bertz CT molecular complexity index is 759. The molecular weight excluding hydrogens is 390 g/mol. The van der Waals surface area contributed by atoms with Crippen molar-refractivity contribution >= 4 is 23.9 Å². The minimum Gasteiger partial charge on any atom is -0.456 e. The van der Waals surface area contributed by atoms with Crippen LogP contribution in [0.3, 0.4) is 0 Å². The Hall–Kier alpha value is -3.10. The number of carbonyl (C=O) groups excluding carboxylic acids is 4. The molecule has 2 rings (SSSR count). The Morgan fingerprint density at radius 3 is 2.47 bits per heavy atom. The van der Waals surface area contributed by atoms with Crippen LogP contribution in [0.1, 0.15) is 42.1 Å². The SMILES string of the molecule is CCOC(=O)N1CCC(NC(=O)COC(=O)CCNC(=O)c2ccccc2C)CC1. The van der Waals surface area contributed by atoms with E-state index in [1.807, 2.05) is 19.1 Å². The van der Waals surface area contributed by atoms with Gasteiger partial charge >= 0.3 is 12.1 Å². The van der Waals surface area contributed by atoms with E-state index in [-0.39, 0.29) is 43.5 Å². The van der Waals surface area contributed by atoms with Gasteiger partial charge in [0, 0.05) is 31.2 Å². The zero-order valence-electron chi connectivity index (χ0n) is 17.4. The van der Waals surface area contributed by atoms with Crippen LogP contribution >= 0.6 is 0 Å². The van der Waals surface area contributed by atoms with Gasteiger partial charge in [-0.3, -0.25) is 14.4 Å². The molecule has 0 unspecified atom stereocenters. The Labute approximate surface area is 176 Å². The molecule has 1 fully saturated rings. The minimum absolute atomic E-state index is 0.0250. The summed E-state index contributed by atoms with van der Waals surface area (Å²) >= 11 is 0. The van der Waals surface area contributed by atoms with E-state index in [2.05, 4.69) is 10.6 Å². The number of aryl methyl sites for hydroxylation is 1. The number of nitrogens with zero attached hydrogens (tertiary/aromatic N) is 1. The van der Waals surface area contributed by atoms with Crippen molar-refractivity contribution in [3.63, 3.8) is 0 Å². The molecule has 1 heterocycles. The van der Waals surface area contributed by atoms with Gasteiger partial charge in [-0.25, -0.2) is 4.79 Å². The molecule has 0 radical (unpaired) electrons. The van der Waals surface area contributed by atoms with Crippen molar-refractivity contribution in [2.24, 2.45) is 0 Å². The van der Waals surface area contributed by atoms with Gasteiger partial charge in [0.2, 0.25) is 0 Å². The quantitative estimate of drug-likeness (QED) is 0.616. The summed E-state index contributed by atoms with van der Waals surface area (Å²) in [6, 6.07) is 7.09. The maximum absolute atomic E-state index is 12.1. The van der Waals surface area contributed by atoms with E-state index in [4.69, 9.17) is 9.47 Å². The Morgan fingerprint density at radius 1 is 1.10 bits per heavy atom. The molecule has 0 spiro atoms. The Balaban J connectivity index is 1.60. The number of benzene rings is 1. The number of likely N-dealkylation sites (tertiary alicyclic amines) is 1. The third kappa shape index (κ3) is 7.38. The molecule has 0 saturated carbocycles. The fraction of sp³-hybridized carbons (Fsp3) is 0.524. The lowest BCUT2D eigenvalue weighted by Gasteiger charge is -2.31. The Kier molecular flexibility index (Phi) is 9.11. The zero-order valence-corrected chi connectivity index (χ0v) is 17.4. The third-order valence-electron chi connectivity index (χ3n) is 4.75. The zero-order chi connectivity index (χ0) is 21.9. The van der Waals surface area contributed by atoms with Crippen LogP contribution in [-0.4, -0.2) is 67.7 Å². The van der Waals surface area contributed by atoms with Crippen molar-refractivity contribution in [2.75, 3.05) is 32.8 Å². The number of hydrogen-bond donors (Lipinski definition) is 2. The normalized spacial score (nSPS) is 14.0. The molecule has 1 aromatic rings. The highest BCUT2D eigenvalue weighted by Crippen LogP contribution is 2.11. The lowest BCUT2D eigenvalue weighted by molar-refractivity contribution is -0.148. The topological polar surface area (TPSA) is 114 Å². The van der Waals surface area contributed by atoms with Crippen molar-refractivity contribution < 1.29 is 28.7 Å². The van der Waals surface area contributed by atoms with E-state index in [9.17, 15) is 19.2 Å². The molecule has 2 N–H and O–H groups in total. The van der Waals surface area contributed by atoms with Crippen molar-refractivity contribution in [1.29, 1.82) is 0 Å². The summed E-state index contributed by atoms with van der Waals surface area (Å²) in [5, 5.41) is 5.47. The molecular formula is C21H29N3O6. The number of nitrogens with one attached hydrogen (secondary N) is 2. The highest BCUT2D eigenvalue weighted by molar-refractivity contribution is 5.95. The monoisotopic (exact) mass is 419 g/mol. The van der Waals surface area contributed by atoms with Gasteiger partial charge in [0.15, 0.2) is 6.61 Å². The molecule has 164 valence electrons. The smallest absolute Gasteiger partial charge is 0.409 e. The maximum atomic E-state index is 12.1. The summed E-state index contributed by atoms with van der Waals surface area (Å²) in [5.74, 6) is -1.21. The molecule has 0 aromatic heterocycles. The first-order valence-electron chi connectivity index (χ1n) is 10.1.